The Kier molecular flexibility index (Phi) is 8.02. The molecule has 7 heteroatoms. The Morgan fingerprint density at radius 2 is 2.19 bits per heavy atom. The molecular weight excluding hydrogens is 362 g/mol. The zero-order chi connectivity index (χ0) is 18.9. The summed E-state index contributed by atoms with van der Waals surface area (Å²) in [4.78, 5) is 11.0. The van der Waals surface area contributed by atoms with E-state index in [1.807, 2.05) is 19.2 Å². The van der Waals surface area contributed by atoms with E-state index in [0.717, 1.165) is 50.9 Å². The summed E-state index contributed by atoms with van der Waals surface area (Å²) in [6.07, 6.45) is 10.8. The number of aromatic nitrogens is 1. The number of hydrogen-bond acceptors (Lipinski definition) is 4. The first-order valence-electron chi connectivity index (χ1n) is 10.2. The van der Waals surface area contributed by atoms with Gasteiger partial charge < -0.3 is 20.3 Å². The molecule has 0 aromatic carbocycles. The predicted molar refractivity (Wildman–Crippen MR) is 112 cm³/mol. The van der Waals surface area contributed by atoms with Gasteiger partial charge in [-0.1, -0.05) is 30.9 Å². The number of guanidine groups is 1. The fraction of sp³-hybridized carbons (Fsp3) is 0.700. The summed E-state index contributed by atoms with van der Waals surface area (Å²) in [6, 6.07) is 4.09. The highest BCUT2D eigenvalue weighted by Crippen LogP contribution is 2.25. The van der Waals surface area contributed by atoms with Crippen molar-refractivity contribution < 1.29 is 4.74 Å². The predicted octanol–water partition coefficient (Wildman–Crippen LogP) is 3.22. The molecule has 0 amide bonds. The van der Waals surface area contributed by atoms with E-state index >= 15 is 0 Å². The number of anilines is 1. The first-order valence-corrected chi connectivity index (χ1v) is 10.6. The molecule has 150 valence electrons. The Morgan fingerprint density at radius 3 is 2.96 bits per heavy atom. The fourth-order valence-electron chi connectivity index (χ4n) is 3.83. The van der Waals surface area contributed by atoms with Crippen LogP contribution in [0.1, 0.15) is 44.9 Å². The average Bonchev–Trinajstić information content (AvgIpc) is 3.16. The van der Waals surface area contributed by atoms with Gasteiger partial charge in [0, 0.05) is 45.5 Å². The first-order chi connectivity index (χ1) is 13.3. The Bertz CT molecular complexity index is 606. The van der Waals surface area contributed by atoms with Crippen LogP contribution in [0, 0.1) is 0 Å². The third kappa shape index (κ3) is 6.25. The summed E-state index contributed by atoms with van der Waals surface area (Å²) < 4.78 is 5.98. The maximum absolute atomic E-state index is 6.27. The highest BCUT2D eigenvalue weighted by atomic mass is 35.5. The Hall–Kier alpha value is -1.53. The van der Waals surface area contributed by atoms with Crippen LogP contribution in [-0.2, 0) is 4.74 Å². The zero-order valence-electron chi connectivity index (χ0n) is 16.3. The second-order valence-corrected chi connectivity index (χ2v) is 7.78. The molecule has 2 N–H and O–H groups in total. The maximum Gasteiger partial charge on any atom is 0.191 e. The van der Waals surface area contributed by atoms with Gasteiger partial charge in [-0.2, -0.15) is 0 Å². The van der Waals surface area contributed by atoms with Crippen LogP contribution in [0.3, 0.4) is 0 Å². The third-order valence-electron chi connectivity index (χ3n) is 5.31. The van der Waals surface area contributed by atoms with E-state index in [2.05, 4.69) is 25.5 Å². The van der Waals surface area contributed by atoms with Crippen molar-refractivity contribution in [3.05, 3.63) is 23.4 Å². The second-order valence-electron chi connectivity index (χ2n) is 7.37. The largest absolute Gasteiger partial charge is 0.378 e. The number of ether oxygens (including phenoxy) is 1. The molecule has 1 aliphatic carbocycles. The lowest BCUT2D eigenvalue weighted by Gasteiger charge is -2.22. The van der Waals surface area contributed by atoms with Crippen molar-refractivity contribution in [2.45, 2.75) is 57.1 Å². The van der Waals surface area contributed by atoms with Gasteiger partial charge in [0.25, 0.3) is 0 Å². The molecule has 1 saturated carbocycles. The van der Waals surface area contributed by atoms with Crippen LogP contribution in [0.15, 0.2) is 23.3 Å². The van der Waals surface area contributed by atoms with Crippen molar-refractivity contribution in [1.82, 2.24) is 15.6 Å². The first kappa shape index (κ1) is 20.2. The normalized spacial score (nSPS) is 21.5. The highest BCUT2D eigenvalue weighted by molar-refractivity contribution is 6.32. The number of nitrogens with one attached hydrogen (secondary N) is 2. The van der Waals surface area contributed by atoms with E-state index < -0.39 is 0 Å². The van der Waals surface area contributed by atoms with Gasteiger partial charge >= 0.3 is 0 Å². The van der Waals surface area contributed by atoms with Gasteiger partial charge in [-0.25, -0.2) is 4.98 Å². The Balaban J connectivity index is 1.34. The molecule has 0 spiro atoms. The number of nitrogens with zero attached hydrogens (tertiary/aromatic N) is 3. The van der Waals surface area contributed by atoms with Gasteiger partial charge in [0.1, 0.15) is 5.82 Å². The standard InChI is InChI=1S/C20H32ClN5O/c1-22-20(24-12-6-14-27-17-7-3-2-4-8-17)25-16-10-13-26(15-16)19-18(21)9-5-11-23-19/h5,9,11,16-17H,2-4,6-8,10,12-15H2,1H3,(H2,22,24,25). The van der Waals surface area contributed by atoms with Crippen molar-refractivity contribution >= 4 is 23.4 Å². The molecule has 6 nitrogen and oxygen atoms in total. The second kappa shape index (κ2) is 10.7. The summed E-state index contributed by atoms with van der Waals surface area (Å²) in [5.74, 6) is 1.72. The average molecular weight is 394 g/mol. The number of halogens is 1. The number of aliphatic imine (C=N–C) groups is 1. The number of pyridine rings is 1. The monoisotopic (exact) mass is 393 g/mol. The molecule has 2 heterocycles. The van der Waals surface area contributed by atoms with Crippen molar-refractivity contribution in [2.75, 3.05) is 38.2 Å². The lowest BCUT2D eigenvalue weighted by Crippen LogP contribution is -2.45. The minimum absolute atomic E-state index is 0.341. The molecule has 2 aliphatic rings. The Morgan fingerprint density at radius 1 is 1.33 bits per heavy atom. The minimum atomic E-state index is 0.341. The molecule has 27 heavy (non-hydrogen) atoms. The van der Waals surface area contributed by atoms with Crippen molar-refractivity contribution in [3.8, 4) is 0 Å². The lowest BCUT2D eigenvalue weighted by molar-refractivity contribution is 0.0277. The van der Waals surface area contributed by atoms with Crippen LogP contribution < -0.4 is 15.5 Å². The van der Waals surface area contributed by atoms with Crippen LogP contribution in [-0.4, -0.2) is 56.4 Å². The van der Waals surface area contributed by atoms with Crippen LogP contribution in [0.4, 0.5) is 5.82 Å². The third-order valence-corrected chi connectivity index (χ3v) is 5.61. The SMILES string of the molecule is CN=C(NCCCOC1CCCCC1)NC1CCN(c2ncccc2Cl)C1. The van der Waals surface area contributed by atoms with Crippen LogP contribution in [0.5, 0.6) is 0 Å². The Labute approximate surface area is 167 Å². The highest BCUT2D eigenvalue weighted by Gasteiger charge is 2.25. The van der Waals surface area contributed by atoms with E-state index in [-0.39, 0.29) is 0 Å². The van der Waals surface area contributed by atoms with E-state index in [9.17, 15) is 0 Å². The molecule has 1 aromatic rings. The molecular formula is C20H32ClN5O. The molecule has 1 saturated heterocycles. The smallest absolute Gasteiger partial charge is 0.191 e. The van der Waals surface area contributed by atoms with E-state index in [0.29, 0.717) is 17.2 Å². The fourth-order valence-corrected chi connectivity index (χ4v) is 4.07. The summed E-state index contributed by atoms with van der Waals surface area (Å²) in [5, 5.41) is 7.62. The van der Waals surface area contributed by atoms with Crippen LogP contribution in [0.2, 0.25) is 5.02 Å². The van der Waals surface area contributed by atoms with Gasteiger partial charge in [0.05, 0.1) is 11.1 Å². The van der Waals surface area contributed by atoms with Crippen molar-refractivity contribution in [3.63, 3.8) is 0 Å². The molecule has 3 rings (SSSR count). The topological polar surface area (TPSA) is 61.8 Å². The number of rotatable bonds is 7. The van der Waals surface area contributed by atoms with Gasteiger partial charge in [-0.05, 0) is 37.8 Å². The lowest BCUT2D eigenvalue weighted by atomic mass is 9.98. The van der Waals surface area contributed by atoms with E-state index in [1.54, 1.807) is 6.20 Å². The minimum Gasteiger partial charge on any atom is -0.378 e. The summed E-state index contributed by atoms with van der Waals surface area (Å²) in [5.41, 5.74) is 0. The quantitative estimate of drug-likeness (QED) is 0.423. The maximum atomic E-state index is 6.27. The summed E-state index contributed by atoms with van der Waals surface area (Å²) in [7, 11) is 1.82. The van der Waals surface area contributed by atoms with E-state index in [4.69, 9.17) is 16.3 Å². The molecule has 2 fully saturated rings. The molecule has 1 atom stereocenters. The molecule has 1 unspecified atom stereocenters. The van der Waals surface area contributed by atoms with Crippen LogP contribution >= 0.6 is 11.6 Å². The van der Waals surface area contributed by atoms with Crippen LogP contribution in [0.25, 0.3) is 0 Å². The molecule has 0 bridgehead atoms. The molecule has 0 radical (unpaired) electrons. The van der Waals surface area contributed by atoms with Crippen molar-refractivity contribution in [2.24, 2.45) is 4.99 Å². The summed E-state index contributed by atoms with van der Waals surface area (Å²) >= 11 is 6.27. The summed E-state index contributed by atoms with van der Waals surface area (Å²) in [6.45, 7) is 3.52. The van der Waals surface area contributed by atoms with Gasteiger partial charge in [-0.15, -0.1) is 0 Å². The molecule has 1 aliphatic heterocycles. The van der Waals surface area contributed by atoms with Crippen molar-refractivity contribution in [1.29, 1.82) is 0 Å². The zero-order valence-corrected chi connectivity index (χ0v) is 17.0. The van der Waals surface area contributed by atoms with Gasteiger partial charge in [-0.3, -0.25) is 4.99 Å². The molecule has 1 aromatic heterocycles. The van der Waals surface area contributed by atoms with Gasteiger partial charge in [0.2, 0.25) is 0 Å². The van der Waals surface area contributed by atoms with Gasteiger partial charge in [0.15, 0.2) is 5.96 Å². The number of hydrogen-bond donors (Lipinski definition) is 2. The van der Waals surface area contributed by atoms with E-state index in [1.165, 1.54) is 32.1 Å².